The van der Waals surface area contributed by atoms with Gasteiger partial charge in [0, 0.05) is 4.48 Å². The average Bonchev–Trinajstić information content (AvgIpc) is 2.37. The monoisotopic (exact) mass is 226 g/mol. The van der Waals surface area contributed by atoms with Crippen LogP contribution in [0.1, 0.15) is 33.1 Å². The highest BCUT2D eigenvalue weighted by Crippen LogP contribution is 2.28. The molecule has 12 heavy (non-hydrogen) atoms. The van der Waals surface area contributed by atoms with E-state index >= 15 is 0 Å². The summed E-state index contributed by atoms with van der Waals surface area (Å²) in [4.78, 5) is 0. The van der Waals surface area contributed by atoms with Crippen LogP contribution in [-0.4, -0.2) is 0 Å². The zero-order valence-corrected chi connectivity index (χ0v) is 9.32. The summed E-state index contributed by atoms with van der Waals surface area (Å²) in [5.74, 6) is 0. The normalized spacial score (nSPS) is 19.8. The highest BCUT2D eigenvalue weighted by Gasteiger charge is 2.07. The maximum absolute atomic E-state index is 3.52. The second kappa shape index (κ2) is 4.66. The maximum atomic E-state index is 3.52. The molecule has 0 aliphatic heterocycles. The Morgan fingerprint density at radius 3 is 2.67 bits per heavy atom. The summed E-state index contributed by atoms with van der Waals surface area (Å²) in [5.41, 5.74) is 3.07. The Bertz CT molecular complexity index is 244. The third kappa shape index (κ3) is 2.63. The summed E-state index contributed by atoms with van der Waals surface area (Å²) in [6, 6.07) is 0. The van der Waals surface area contributed by atoms with Gasteiger partial charge >= 0.3 is 0 Å². The van der Waals surface area contributed by atoms with Crippen molar-refractivity contribution in [3.05, 3.63) is 33.9 Å². The van der Waals surface area contributed by atoms with E-state index in [0.717, 1.165) is 0 Å². The van der Waals surface area contributed by atoms with Gasteiger partial charge in [-0.2, -0.15) is 0 Å². The summed E-state index contributed by atoms with van der Waals surface area (Å²) in [7, 11) is 0. The molecule has 0 saturated carbocycles. The molecule has 0 aromatic rings. The lowest BCUT2D eigenvalue weighted by Crippen LogP contribution is -1.74. The Kier molecular flexibility index (Phi) is 3.80. The lowest BCUT2D eigenvalue weighted by molar-refractivity contribution is 0.899. The van der Waals surface area contributed by atoms with Gasteiger partial charge in [0.2, 0.25) is 0 Å². The van der Waals surface area contributed by atoms with Gasteiger partial charge in [-0.1, -0.05) is 33.7 Å². The van der Waals surface area contributed by atoms with Crippen LogP contribution < -0.4 is 0 Å². The second-order valence-electron chi connectivity index (χ2n) is 3.19. The van der Waals surface area contributed by atoms with Gasteiger partial charge in [-0.05, 0) is 44.8 Å². The molecule has 0 nitrogen and oxygen atoms in total. The van der Waals surface area contributed by atoms with E-state index in [1.54, 1.807) is 5.57 Å². The third-order valence-electron chi connectivity index (χ3n) is 2.18. The first-order chi connectivity index (χ1) is 5.74. The molecule has 0 amide bonds. The van der Waals surface area contributed by atoms with E-state index in [2.05, 4.69) is 35.0 Å². The molecule has 0 radical (unpaired) electrons. The Morgan fingerprint density at radius 1 is 1.42 bits per heavy atom. The summed E-state index contributed by atoms with van der Waals surface area (Å²) >= 11 is 3.52. The quantitative estimate of drug-likeness (QED) is 0.615. The summed E-state index contributed by atoms with van der Waals surface area (Å²) in [6.07, 6.45) is 10.2. The summed E-state index contributed by atoms with van der Waals surface area (Å²) in [5, 5.41) is 0. The molecule has 66 valence electrons. The van der Waals surface area contributed by atoms with E-state index in [1.165, 1.54) is 29.3 Å². The first kappa shape index (κ1) is 9.79. The van der Waals surface area contributed by atoms with Crippen LogP contribution >= 0.6 is 15.9 Å². The average molecular weight is 227 g/mol. The maximum Gasteiger partial charge on any atom is 0.0174 e. The molecule has 0 heterocycles. The molecule has 1 aliphatic rings. The predicted molar refractivity (Wildman–Crippen MR) is 58.4 cm³/mol. The second-order valence-corrected chi connectivity index (χ2v) is 4.10. The van der Waals surface area contributed by atoms with E-state index in [-0.39, 0.29) is 0 Å². The van der Waals surface area contributed by atoms with Gasteiger partial charge in [0.15, 0.2) is 0 Å². The summed E-state index contributed by atoms with van der Waals surface area (Å²) < 4.78 is 1.18. The fourth-order valence-corrected chi connectivity index (χ4v) is 2.03. The van der Waals surface area contributed by atoms with Gasteiger partial charge in [0.25, 0.3) is 0 Å². The number of rotatable bonds is 2. The molecule has 0 saturated heterocycles. The predicted octanol–water partition coefficient (Wildman–Crippen LogP) is 4.34. The standard InChI is InChI=1S/C11H15Br/c1-3-5-11(12)8-10-7-4-6-9(10)2/h3,5,8H,4,6-7H2,1-2H3/b5-3-,11-8+. The molecule has 1 heteroatoms. The number of halogens is 1. The number of hydrogen-bond donors (Lipinski definition) is 0. The van der Waals surface area contributed by atoms with E-state index in [1.807, 2.05) is 13.0 Å². The highest BCUT2D eigenvalue weighted by molar-refractivity contribution is 9.11. The molecule has 0 atom stereocenters. The SMILES string of the molecule is C/C=C\C(Br)=C/C1=C(C)CCC1. The van der Waals surface area contributed by atoms with Gasteiger partial charge < -0.3 is 0 Å². The molecule has 1 aliphatic carbocycles. The Morgan fingerprint density at radius 2 is 2.17 bits per heavy atom. The molecule has 0 aromatic heterocycles. The molecular formula is C11H15Br. The zero-order valence-electron chi connectivity index (χ0n) is 7.73. The minimum atomic E-state index is 1.18. The third-order valence-corrected chi connectivity index (χ3v) is 2.68. The van der Waals surface area contributed by atoms with Crippen molar-refractivity contribution in [1.29, 1.82) is 0 Å². The smallest absolute Gasteiger partial charge is 0.0174 e. The molecule has 0 N–H and O–H groups in total. The van der Waals surface area contributed by atoms with E-state index < -0.39 is 0 Å². The van der Waals surface area contributed by atoms with Crippen LogP contribution in [0.15, 0.2) is 33.9 Å². The first-order valence-corrected chi connectivity index (χ1v) is 5.22. The molecule has 1 rings (SSSR count). The Hall–Kier alpha value is -0.300. The van der Waals surface area contributed by atoms with Gasteiger partial charge in [0.1, 0.15) is 0 Å². The topological polar surface area (TPSA) is 0 Å². The minimum Gasteiger partial charge on any atom is -0.0865 e. The molecule has 0 bridgehead atoms. The van der Waals surface area contributed by atoms with E-state index in [0.29, 0.717) is 0 Å². The van der Waals surface area contributed by atoms with Gasteiger partial charge in [-0.3, -0.25) is 0 Å². The van der Waals surface area contributed by atoms with Crippen molar-refractivity contribution < 1.29 is 0 Å². The van der Waals surface area contributed by atoms with Crippen LogP contribution in [0, 0.1) is 0 Å². The Labute approximate surface area is 83.2 Å². The minimum absolute atomic E-state index is 1.18. The lowest BCUT2D eigenvalue weighted by atomic mass is 10.1. The van der Waals surface area contributed by atoms with Crippen LogP contribution in [0.25, 0.3) is 0 Å². The lowest BCUT2D eigenvalue weighted by Gasteiger charge is -1.95. The molecule has 0 spiro atoms. The van der Waals surface area contributed by atoms with Crippen LogP contribution in [0.3, 0.4) is 0 Å². The highest BCUT2D eigenvalue weighted by atomic mass is 79.9. The number of hydrogen-bond acceptors (Lipinski definition) is 0. The zero-order chi connectivity index (χ0) is 8.97. The van der Waals surface area contributed by atoms with Crippen molar-refractivity contribution >= 4 is 15.9 Å². The molecule has 0 unspecified atom stereocenters. The largest absolute Gasteiger partial charge is 0.0865 e. The van der Waals surface area contributed by atoms with Crippen LogP contribution in [0.5, 0.6) is 0 Å². The fraction of sp³-hybridized carbons (Fsp3) is 0.455. The molecule has 0 fully saturated rings. The van der Waals surface area contributed by atoms with Gasteiger partial charge in [-0.15, -0.1) is 0 Å². The van der Waals surface area contributed by atoms with Crippen LogP contribution in [0.4, 0.5) is 0 Å². The van der Waals surface area contributed by atoms with Crippen LogP contribution in [-0.2, 0) is 0 Å². The van der Waals surface area contributed by atoms with Crippen molar-refractivity contribution in [2.75, 3.05) is 0 Å². The van der Waals surface area contributed by atoms with Crippen LogP contribution in [0.2, 0.25) is 0 Å². The molecular weight excluding hydrogens is 212 g/mol. The van der Waals surface area contributed by atoms with Crippen molar-refractivity contribution in [1.82, 2.24) is 0 Å². The van der Waals surface area contributed by atoms with E-state index in [4.69, 9.17) is 0 Å². The van der Waals surface area contributed by atoms with Crippen molar-refractivity contribution in [2.45, 2.75) is 33.1 Å². The fourth-order valence-electron chi connectivity index (χ4n) is 1.49. The number of allylic oxidation sites excluding steroid dienone is 6. The van der Waals surface area contributed by atoms with Crippen molar-refractivity contribution in [3.63, 3.8) is 0 Å². The van der Waals surface area contributed by atoms with Gasteiger partial charge in [-0.25, -0.2) is 0 Å². The summed E-state index contributed by atoms with van der Waals surface area (Å²) in [6.45, 7) is 4.26. The van der Waals surface area contributed by atoms with Crippen molar-refractivity contribution in [2.24, 2.45) is 0 Å². The van der Waals surface area contributed by atoms with Gasteiger partial charge in [0.05, 0.1) is 0 Å². The van der Waals surface area contributed by atoms with Crippen molar-refractivity contribution in [3.8, 4) is 0 Å². The first-order valence-electron chi connectivity index (χ1n) is 4.42. The Balaban J connectivity index is 2.72. The van der Waals surface area contributed by atoms with E-state index in [9.17, 15) is 0 Å². The molecule has 0 aromatic carbocycles.